The zero-order valence-electron chi connectivity index (χ0n) is 22.3. The number of carbonyl (C=O) groups is 3. The van der Waals surface area contributed by atoms with Gasteiger partial charge < -0.3 is 39.7 Å². The van der Waals surface area contributed by atoms with Crippen molar-refractivity contribution in [1.82, 2.24) is 15.1 Å². The van der Waals surface area contributed by atoms with Crippen LogP contribution in [0.4, 0.5) is 0 Å². The molecule has 39 heavy (non-hydrogen) atoms. The molecule has 0 radical (unpaired) electrons. The Morgan fingerprint density at radius 1 is 1.21 bits per heavy atom. The lowest BCUT2D eigenvalue weighted by molar-refractivity contribution is -0.148. The van der Waals surface area contributed by atoms with Crippen LogP contribution in [-0.2, 0) is 25.7 Å². The summed E-state index contributed by atoms with van der Waals surface area (Å²) in [5.74, 6) is -1.90. The Labute approximate surface area is 227 Å². The third-order valence-electron chi connectivity index (χ3n) is 7.44. The lowest BCUT2D eigenvalue weighted by Crippen LogP contribution is -2.58. The molecule has 12 heteroatoms. The van der Waals surface area contributed by atoms with E-state index in [1.54, 1.807) is 19.1 Å². The Balaban J connectivity index is 1.75. The van der Waals surface area contributed by atoms with Crippen LogP contribution in [0, 0.1) is 0 Å². The summed E-state index contributed by atoms with van der Waals surface area (Å²) >= 11 is 0. The van der Waals surface area contributed by atoms with E-state index in [0.29, 0.717) is 55.5 Å². The smallest absolute Gasteiger partial charge is 0.290 e. The van der Waals surface area contributed by atoms with Gasteiger partial charge in [-0.2, -0.15) is 0 Å². The summed E-state index contributed by atoms with van der Waals surface area (Å²) in [5.41, 5.74) is 1.33. The summed E-state index contributed by atoms with van der Waals surface area (Å²) in [5, 5.41) is 33.3. The van der Waals surface area contributed by atoms with Gasteiger partial charge in [-0.25, -0.2) is 0 Å². The van der Waals surface area contributed by atoms with Crippen LogP contribution in [0.1, 0.15) is 30.4 Å². The molecule has 1 fully saturated rings. The van der Waals surface area contributed by atoms with Crippen LogP contribution in [0.5, 0.6) is 11.5 Å². The van der Waals surface area contributed by atoms with Crippen LogP contribution < -0.4 is 14.8 Å². The lowest BCUT2D eigenvalue weighted by Gasteiger charge is -2.41. The van der Waals surface area contributed by atoms with Gasteiger partial charge in [-0.15, -0.1) is 0 Å². The normalized spacial score (nSPS) is 24.2. The number of morpholine rings is 1. The van der Waals surface area contributed by atoms with E-state index >= 15 is 0 Å². The van der Waals surface area contributed by atoms with E-state index in [0.717, 1.165) is 0 Å². The molecule has 0 spiro atoms. The van der Waals surface area contributed by atoms with Crippen molar-refractivity contribution in [3.05, 3.63) is 34.9 Å². The molecule has 1 saturated heterocycles. The fourth-order valence-electron chi connectivity index (χ4n) is 5.39. The number of amides is 2. The number of aliphatic hydroxyl groups excluding tert-OH is 3. The van der Waals surface area contributed by atoms with Gasteiger partial charge in [0, 0.05) is 50.3 Å². The van der Waals surface area contributed by atoms with Crippen LogP contribution in [0.2, 0.25) is 0 Å². The van der Waals surface area contributed by atoms with Crippen LogP contribution >= 0.6 is 0 Å². The van der Waals surface area contributed by atoms with Crippen LogP contribution in [0.25, 0.3) is 0 Å². The van der Waals surface area contributed by atoms with Crippen molar-refractivity contribution < 1.29 is 43.9 Å². The van der Waals surface area contributed by atoms with Gasteiger partial charge in [0.1, 0.15) is 12.2 Å². The van der Waals surface area contributed by atoms with Crippen molar-refractivity contribution in [3.8, 4) is 11.5 Å². The molecule has 4 N–H and O–H groups in total. The third-order valence-corrected chi connectivity index (χ3v) is 7.44. The Bertz CT molecular complexity index is 1100. The zero-order valence-corrected chi connectivity index (χ0v) is 22.3. The summed E-state index contributed by atoms with van der Waals surface area (Å²) in [6.07, 6.45) is -0.728. The number of hydrogen-bond donors (Lipinski definition) is 4. The number of methoxy groups -OCH3 is 1. The van der Waals surface area contributed by atoms with Gasteiger partial charge in [0.15, 0.2) is 11.5 Å². The number of hydrogen-bond acceptors (Lipinski definition) is 10. The maximum absolute atomic E-state index is 13.4. The predicted molar refractivity (Wildman–Crippen MR) is 138 cm³/mol. The number of rotatable bonds is 11. The fourth-order valence-corrected chi connectivity index (χ4v) is 5.39. The van der Waals surface area contributed by atoms with Crippen LogP contribution in [0.15, 0.2) is 23.8 Å². The van der Waals surface area contributed by atoms with Gasteiger partial charge in [0.25, 0.3) is 5.91 Å². The number of Topliss-reactive ketones (excluding diaryl/α,β-unsaturated/α-hetero) is 1. The Kier molecular flexibility index (Phi) is 9.57. The molecule has 214 valence electrons. The monoisotopic (exact) mass is 547 g/mol. The van der Waals surface area contributed by atoms with Gasteiger partial charge in [-0.1, -0.05) is 6.92 Å². The van der Waals surface area contributed by atoms with Crippen molar-refractivity contribution in [2.24, 2.45) is 0 Å². The highest BCUT2D eigenvalue weighted by atomic mass is 16.5. The van der Waals surface area contributed by atoms with E-state index in [4.69, 9.17) is 14.2 Å². The highest BCUT2D eigenvalue weighted by Gasteiger charge is 2.51. The summed E-state index contributed by atoms with van der Waals surface area (Å²) in [7, 11) is 1.45. The van der Waals surface area contributed by atoms with Crippen molar-refractivity contribution in [2.45, 2.75) is 44.1 Å². The van der Waals surface area contributed by atoms with Crippen molar-refractivity contribution in [2.75, 3.05) is 59.7 Å². The van der Waals surface area contributed by atoms with Gasteiger partial charge in [0.2, 0.25) is 11.7 Å². The molecule has 0 saturated carbocycles. The predicted octanol–water partition coefficient (Wildman–Crippen LogP) is -1.05. The maximum atomic E-state index is 13.4. The minimum absolute atomic E-state index is 0.00160. The van der Waals surface area contributed by atoms with E-state index in [1.807, 2.05) is 0 Å². The molecule has 3 aliphatic rings. The molecule has 1 aromatic rings. The molecule has 0 bridgehead atoms. The average Bonchev–Trinajstić information content (AvgIpc) is 3.36. The Hall–Kier alpha value is -3.03. The highest BCUT2D eigenvalue weighted by molar-refractivity contribution is 6.36. The summed E-state index contributed by atoms with van der Waals surface area (Å²) in [4.78, 5) is 42.7. The first-order valence-electron chi connectivity index (χ1n) is 13.3. The van der Waals surface area contributed by atoms with E-state index in [-0.39, 0.29) is 38.3 Å². The number of aliphatic hydroxyl groups is 3. The number of fused-ring (bicyclic) bond motifs is 3. The molecule has 4 rings (SSSR count). The second-order valence-electron chi connectivity index (χ2n) is 9.75. The minimum Gasteiger partial charge on any atom is -0.493 e. The van der Waals surface area contributed by atoms with Gasteiger partial charge in [0.05, 0.1) is 45.5 Å². The first kappa shape index (κ1) is 29.0. The summed E-state index contributed by atoms with van der Waals surface area (Å²) in [6, 6.07) is 2.29. The van der Waals surface area contributed by atoms with Crippen LogP contribution in [0.3, 0.4) is 0 Å². The average molecular weight is 548 g/mol. The van der Waals surface area contributed by atoms with Gasteiger partial charge >= 0.3 is 0 Å². The second kappa shape index (κ2) is 12.9. The van der Waals surface area contributed by atoms with Crippen molar-refractivity contribution >= 4 is 17.6 Å². The third kappa shape index (κ3) is 5.94. The number of benzene rings is 1. The molecular formula is C27H37N3O9. The van der Waals surface area contributed by atoms with E-state index < -0.39 is 41.8 Å². The molecular weight excluding hydrogens is 510 g/mol. The highest BCUT2D eigenvalue weighted by Crippen LogP contribution is 2.51. The number of nitrogens with zero attached hydrogens (tertiary/aromatic N) is 2. The van der Waals surface area contributed by atoms with E-state index in [9.17, 15) is 29.7 Å². The molecule has 4 unspecified atom stereocenters. The molecule has 0 aromatic heterocycles. The fraction of sp³-hybridized carbons (Fsp3) is 0.593. The molecule has 2 amide bonds. The van der Waals surface area contributed by atoms with Gasteiger partial charge in [-0.05, 0) is 23.8 Å². The quantitative estimate of drug-likeness (QED) is 0.252. The maximum Gasteiger partial charge on any atom is 0.290 e. The second-order valence-corrected chi connectivity index (χ2v) is 9.75. The number of nitrogens with one attached hydrogen (secondary N) is 1. The minimum atomic E-state index is -1.28. The molecule has 12 nitrogen and oxygen atoms in total. The first-order valence-corrected chi connectivity index (χ1v) is 13.3. The first-order chi connectivity index (χ1) is 18.8. The summed E-state index contributed by atoms with van der Waals surface area (Å²) in [6.45, 7) is 4.15. The molecule has 2 heterocycles. The summed E-state index contributed by atoms with van der Waals surface area (Å²) < 4.78 is 17.1. The molecule has 2 aliphatic heterocycles. The van der Waals surface area contributed by atoms with Crippen molar-refractivity contribution in [3.63, 3.8) is 0 Å². The SMILES string of the molecule is CCC(=O)C(=O)N(CCN1CCOCC1)C1C=C(C(=O)NCCO)C2c3cc(CO)cc(OC)c3OC2C1O. The number of carbonyl (C=O) groups excluding carboxylic acids is 3. The Morgan fingerprint density at radius 2 is 1.95 bits per heavy atom. The largest absolute Gasteiger partial charge is 0.493 e. The Morgan fingerprint density at radius 3 is 2.59 bits per heavy atom. The van der Waals surface area contributed by atoms with E-state index in [2.05, 4.69) is 10.2 Å². The molecule has 4 atom stereocenters. The van der Waals surface area contributed by atoms with E-state index in [1.165, 1.54) is 18.1 Å². The molecule has 1 aromatic carbocycles. The number of ketones is 1. The lowest BCUT2D eigenvalue weighted by atomic mass is 9.77. The topological polar surface area (TPSA) is 158 Å². The molecule has 1 aliphatic carbocycles. The standard InChI is InChI=1S/C27H37N3O9/c1-3-20(33)27(36)30(6-5-29-7-10-38-11-8-29)19-14-18(26(35)28-4-9-31)22-17-12-16(15-32)13-21(37-2)24(17)39-25(22)23(19)34/h12-14,19,22-23,25,31-32,34H,3-11,15H2,1-2H3,(H,28,35). The zero-order chi connectivity index (χ0) is 28.1. The number of ether oxygens (including phenoxy) is 3. The van der Waals surface area contributed by atoms with Crippen molar-refractivity contribution in [1.29, 1.82) is 0 Å². The van der Waals surface area contributed by atoms with Crippen LogP contribution in [-0.4, -0.2) is 121 Å². The van der Waals surface area contributed by atoms with Gasteiger partial charge in [-0.3, -0.25) is 19.3 Å².